The van der Waals surface area contributed by atoms with Crippen molar-refractivity contribution in [2.45, 2.75) is 0 Å². The van der Waals surface area contributed by atoms with Crippen LogP contribution in [0.15, 0.2) is 47.3 Å². The van der Waals surface area contributed by atoms with Crippen molar-refractivity contribution in [1.29, 1.82) is 0 Å². The first-order chi connectivity index (χ1) is 13.5. The summed E-state index contributed by atoms with van der Waals surface area (Å²) in [6.07, 6.45) is 0. The number of carbonyl (C=O) groups excluding carboxylic acids is 2. The summed E-state index contributed by atoms with van der Waals surface area (Å²) in [7, 11) is 0. The largest absolute Gasteiger partial charge is 0.482 e. The molecular formula is C19H13Cl2N3O3S. The molecule has 0 saturated heterocycles. The van der Waals surface area contributed by atoms with Gasteiger partial charge in [0.1, 0.15) is 12.3 Å². The Morgan fingerprint density at radius 3 is 2.86 bits per heavy atom. The summed E-state index contributed by atoms with van der Waals surface area (Å²) in [5, 5.41) is 5.40. The van der Waals surface area contributed by atoms with E-state index in [9.17, 15) is 9.59 Å². The van der Waals surface area contributed by atoms with Crippen molar-refractivity contribution < 1.29 is 14.3 Å². The molecule has 1 aromatic heterocycles. The summed E-state index contributed by atoms with van der Waals surface area (Å²) in [5.74, 6) is -0.152. The summed E-state index contributed by atoms with van der Waals surface area (Å²) in [4.78, 5) is 30.6. The number of carbonyl (C=O) groups is 2. The minimum Gasteiger partial charge on any atom is -0.482 e. The second-order valence-corrected chi connectivity index (χ2v) is 7.56. The third-order valence-electron chi connectivity index (χ3n) is 4.14. The van der Waals surface area contributed by atoms with Gasteiger partial charge in [-0.15, -0.1) is 11.3 Å². The molecular weight excluding hydrogens is 421 g/mol. The van der Waals surface area contributed by atoms with Crippen molar-refractivity contribution in [2.75, 3.05) is 23.4 Å². The Morgan fingerprint density at radius 2 is 2.11 bits per heavy atom. The fourth-order valence-corrected chi connectivity index (χ4v) is 3.83. The number of hydrogen-bond donors (Lipinski definition) is 1. The minimum absolute atomic E-state index is 0.127. The van der Waals surface area contributed by atoms with Crippen molar-refractivity contribution >= 4 is 57.7 Å². The van der Waals surface area contributed by atoms with E-state index in [2.05, 4.69) is 10.3 Å². The van der Waals surface area contributed by atoms with Crippen LogP contribution in [0, 0.1) is 0 Å². The lowest BCUT2D eigenvalue weighted by Crippen LogP contribution is -2.43. The number of aromatic nitrogens is 1. The van der Waals surface area contributed by atoms with E-state index in [1.54, 1.807) is 29.8 Å². The summed E-state index contributed by atoms with van der Waals surface area (Å²) >= 11 is 13.4. The molecule has 0 aliphatic carbocycles. The number of ether oxygens (including phenoxy) is 1. The Morgan fingerprint density at radius 1 is 1.25 bits per heavy atom. The molecule has 0 spiro atoms. The van der Waals surface area contributed by atoms with E-state index in [0.717, 1.165) is 11.3 Å². The molecule has 2 aromatic carbocycles. The Balaban J connectivity index is 1.58. The van der Waals surface area contributed by atoms with Gasteiger partial charge in [-0.05, 0) is 36.4 Å². The molecule has 0 saturated carbocycles. The average Bonchev–Trinajstić information content (AvgIpc) is 3.21. The first kappa shape index (κ1) is 18.7. The predicted octanol–water partition coefficient (Wildman–Crippen LogP) is 4.48. The van der Waals surface area contributed by atoms with Crippen LogP contribution in [0.25, 0.3) is 11.3 Å². The quantitative estimate of drug-likeness (QED) is 0.658. The molecule has 1 N–H and O–H groups in total. The number of anilines is 2. The third kappa shape index (κ3) is 3.82. The van der Waals surface area contributed by atoms with E-state index >= 15 is 0 Å². The molecule has 4 rings (SSSR count). The number of benzene rings is 2. The van der Waals surface area contributed by atoms with Crippen LogP contribution in [-0.4, -0.2) is 29.9 Å². The molecule has 2 amide bonds. The second kappa shape index (κ2) is 7.79. The smallest absolute Gasteiger partial charge is 0.265 e. The fraction of sp³-hybridized carbons (Fsp3) is 0.105. The zero-order chi connectivity index (χ0) is 19.7. The fourth-order valence-electron chi connectivity index (χ4n) is 2.81. The highest BCUT2D eigenvalue weighted by Gasteiger charge is 2.28. The summed E-state index contributed by atoms with van der Waals surface area (Å²) in [6, 6.07) is 10.2. The first-order valence-corrected chi connectivity index (χ1v) is 9.92. The van der Waals surface area contributed by atoms with Gasteiger partial charge < -0.3 is 10.1 Å². The van der Waals surface area contributed by atoms with Gasteiger partial charge in [-0.3, -0.25) is 14.5 Å². The number of hydrogen-bond acceptors (Lipinski definition) is 5. The van der Waals surface area contributed by atoms with Gasteiger partial charge in [-0.1, -0.05) is 23.2 Å². The summed E-state index contributed by atoms with van der Waals surface area (Å²) in [6.45, 7) is -0.299. The van der Waals surface area contributed by atoms with E-state index in [1.165, 1.54) is 22.3 Å². The molecule has 9 heteroatoms. The molecule has 142 valence electrons. The SMILES string of the molecule is O=C(CN1C(=O)COc2ccc(-c3cscn3)cc21)Nc1ccc(Cl)cc1Cl. The maximum atomic E-state index is 12.5. The number of nitrogens with zero attached hydrogens (tertiary/aromatic N) is 2. The molecule has 1 aliphatic heterocycles. The summed E-state index contributed by atoms with van der Waals surface area (Å²) in [5.41, 5.74) is 4.32. The molecule has 0 unspecified atom stereocenters. The van der Waals surface area contributed by atoms with Crippen molar-refractivity contribution in [3.05, 3.63) is 57.3 Å². The van der Waals surface area contributed by atoms with Crippen molar-refractivity contribution in [3.8, 4) is 17.0 Å². The van der Waals surface area contributed by atoms with E-state index in [-0.39, 0.29) is 25.0 Å². The van der Waals surface area contributed by atoms with Gasteiger partial charge in [0.2, 0.25) is 5.91 Å². The third-order valence-corrected chi connectivity index (χ3v) is 5.27. The van der Waals surface area contributed by atoms with Crippen molar-refractivity contribution in [3.63, 3.8) is 0 Å². The molecule has 2 heterocycles. The van der Waals surface area contributed by atoms with Crippen molar-refractivity contribution in [1.82, 2.24) is 4.98 Å². The lowest BCUT2D eigenvalue weighted by atomic mass is 10.1. The van der Waals surface area contributed by atoms with Gasteiger partial charge in [0.15, 0.2) is 6.61 Å². The molecule has 3 aromatic rings. The zero-order valence-electron chi connectivity index (χ0n) is 14.3. The lowest BCUT2D eigenvalue weighted by molar-refractivity contribution is -0.123. The molecule has 0 fully saturated rings. The van der Waals surface area contributed by atoms with E-state index < -0.39 is 0 Å². The topological polar surface area (TPSA) is 71.5 Å². The maximum absolute atomic E-state index is 12.5. The Labute approximate surface area is 174 Å². The van der Waals surface area contributed by atoms with E-state index in [4.69, 9.17) is 27.9 Å². The number of halogens is 2. The average molecular weight is 434 g/mol. The molecule has 0 atom stereocenters. The number of rotatable bonds is 4. The van der Waals surface area contributed by atoms with Gasteiger partial charge in [0.25, 0.3) is 5.91 Å². The molecule has 0 radical (unpaired) electrons. The van der Waals surface area contributed by atoms with Crippen LogP contribution in [0.5, 0.6) is 5.75 Å². The van der Waals surface area contributed by atoms with Gasteiger partial charge in [-0.25, -0.2) is 4.98 Å². The van der Waals surface area contributed by atoms with Crippen LogP contribution in [0.1, 0.15) is 0 Å². The van der Waals surface area contributed by atoms with E-state index in [0.29, 0.717) is 27.2 Å². The van der Waals surface area contributed by atoms with Gasteiger partial charge in [-0.2, -0.15) is 0 Å². The van der Waals surface area contributed by atoms with Gasteiger partial charge in [0, 0.05) is 16.0 Å². The highest BCUT2D eigenvalue weighted by atomic mass is 35.5. The maximum Gasteiger partial charge on any atom is 0.265 e. The van der Waals surface area contributed by atoms with Crippen LogP contribution in [0.2, 0.25) is 10.0 Å². The highest BCUT2D eigenvalue weighted by molar-refractivity contribution is 7.07. The van der Waals surface area contributed by atoms with Crippen LogP contribution in [0.3, 0.4) is 0 Å². The normalized spacial score (nSPS) is 13.1. The Kier molecular flexibility index (Phi) is 5.21. The highest BCUT2D eigenvalue weighted by Crippen LogP contribution is 2.36. The second-order valence-electron chi connectivity index (χ2n) is 6.00. The molecule has 28 heavy (non-hydrogen) atoms. The lowest BCUT2D eigenvalue weighted by Gasteiger charge is -2.29. The summed E-state index contributed by atoms with van der Waals surface area (Å²) < 4.78 is 5.49. The Hall–Kier alpha value is -2.61. The standard InChI is InChI=1S/C19H13Cl2N3O3S/c20-12-2-3-14(13(21)6-12)23-18(25)7-24-16-5-11(15-9-28-10-22-15)1-4-17(16)27-8-19(24)26/h1-6,9-10H,7-8H2,(H,23,25). The van der Waals surface area contributed by atoms with Crippen LogP contribution in [-0.2, 0) is 9.59 Å². The number of nitrogens with one attached hydrogen (secondary N) is 1. The number of thiazole rings is 1. The van der Waals surface area contributed by atoms with Crippen LogP contribution >= 0.6 is 34.5 Å². The van der Waals surface area contributed by atoms with Crippen LogP contribution < -0.4 is 15.0 Å². The zero-order valence-corrected chi connectivity index (χ0v) is 16.6. The van der Waals surface area contributed by atoms with E-state index in [1.807, 2.05) is 11.4 Å². The monoisotopic (exact) mass is 433 g/mol. The van der Waals surface area contributed by atoms with Gasteiger partial charge >= 0.3 is 0 Å². The first-order valence-electron chi connectivity index (χ1n) is 8.22. The molecule has 6 nitrogen and oxygen atoms in total. The number of fused-ring (bicyclic) bond motifs is 1. The molecule has 1 aliphatic rings. The number of amides is 2. The molecule has 0 bridgehead atoms. The Bertz CT molecular complexity index is 1060. The van der Waals surface area contributed by atoms with Crippen molar-refractivity contribution in [2.24, 2.45) is 0 Å². The van der Waals surface area contributed by atoms with Gasteiger partial charge in [0.05, 0.1) is 27.6 Å². The predicted molar refractivity (Wildman–Crippen MR) is 110 cm³/mol. The minimum atomic E-state index is -0.385. The van der Waals surface area contributed by atoms with Crippen LogP contribution in [0.4, 0.5) is 11.4 Å².